The van der Waals surface area contributed by atoms with Crippen LogP contribution in [0.2, 0.25) is 0 Å². The average Bonchev–Trinajstić information content (AvgIpc) is 2.17. The second-order valence-electron chi connectivity index (χ2n) is 3.47. The van der Waals surface area contributed by atoms with Crippen LogP contribution in [-0.4, -0.2) is 16.2 Å². The molecule has 1 aromatic carbocycles. The lowest BCUT2D eigenvalue weighted by Crippen LogP contribution is -2.03. The topological polar surface area (TPSA) is 60.2 Å². The lowest BCUT2D eigenvalue weighted by molar-refractivity contribution is -0.385. The van der Waals surface area contributed by atoms with Crippen molar-refractivity contribution in [3.8, 4) is 0 Å². The number of thioether (sulfide) groups is 1. The van der Waals surface area contributed by atoms with Gasteiger partial charge in [0, 0.05) is 22.9 Å². The van der Waals surface area contributed by atoms with Gasteiger partial charge >= 0.3 is 5.51 Å². The van der Waals surface area contributed by atoms with E-state index in [2.05, 4.69) is 0 Å². The molecule has 4 nitrogen and oxygen atoms in total. The standard InChI is InChI=1S/C10H8F3NO3S/c1-6(15)4-7-2-3-8(18-10(11,12)13)5-9(7)14(16)17/h2-3,5H,4H2,1H3. The number of halogens is 3. The van der Waals surface area contributed by atoms with Crippen LogP contribution in [-0.2, 0) is 11.2 Å². The molecule has 0 heterocycles. The number of hydrogen-bond donors (Lipinski definition) is 0. The molecule has 0 atom stereocenters. The molecule has 0 bridgehead atoms. The third-order valence-corrected chi connectivity index (χ3v) is 2.65. The summed E-state index contributed by atoms with van der Waals surface area (Å²) in [5.41, 5.74) is -4.87. The van der Waals surface area contributed by atoms with Crippen LogP contribution < -0.4 is 0 Å². The van der Waals surface area contributed by atoms with Crippen molar-refractivity contribution in [1.82, 2.24) is 0 Å². The fourth-order valence-corrected chi connectivity index (χ4v) is 1.90. The Morgan fingerprint density at radius 3 is 2.50 bits per heavy atom. The highest BCUT2D eigenvalue weighted by molar-refractivity contribution is 8.00. The van der Waals surface area contributed by atoms with E-state index in [0.29, 0.717) is 0 Å². The highest BCUT2D eigenvalue weighted by atomic mass is 32.2. The molecule has 0 radical (unpaired) electrons. The van der Waals surface area contributed by atoms with Gasteiger partial charge in [0.25, 0.3) is 5.69 Å². The first-order valence-corrected chi connectivity index (χ1v) is 5.53. The number of Topliss-reactive ketones (excluding diaryl/α,β-unsaturated/α-hetero) is 1. The number of rotatable bonds is 4. The van der Waals surface area contributed by atoms with Gasteiger partial charge < -0.3 is 0 Å². The molecular weight excluding hydrogens is 271 g/mol. The van der Waals surface area contributed by atoms with Gasteiger partial charge in [-0.05, 0) is 24.8 Å². The quantitative estimate of drug-likeness (QED) is 0.482. The molecule has 18 heavy (non-hydrogen) atoms. The van der Waals surface area contributed by atoms with E-state index in [1.807, 2.05) is 0 Å². The van der Waals surface area contributed by atoms with Gasteiger partial charge in [-0.15, -0.1) is 0 Å². The van der Waals surface area contributed by atoms with E-state index in [1.165, 1.54) is 13.0 Å². The van der Waals surface area contributed by atoms with E-state index in [-0.39, 0.29) is 22.7 Å². The van der Waals surface area contributed by atoms with Gasteiger partial charge in [0.2, 0.25) is 0 Å². The summed E-state index contributed by atoms with van der Waals surface area (Å²) in [7, 11) is 0. The lowest BCUT2D eigenvalue weighted by Gasteiger charge is -2.07. The molecular formula is C10H8F3NO3S. The van der Waals surface area contributed by atoms with E-state index in [4.69, 9.17) is 0 Å². The predicted octanol–water partition coefficient (Wildman–Crippen LogP) is 3.34. The van der Waals surface area contributed by atoms with Crippen LogP contribution in [0.5, 0.6) is 0 Å². The highest BCUT2D eigenvalue weighted by Crippen LogP contribution is 2.38. The summed E-state index contributed by atoms with van der Waals surface area (Å²) >= 11 is -0.429. The van der Waals surface area contributed by atoms with Crippen LogP contribution in [0.3, 0.4) is 0 Å². The zero-order valence-corrected chi connectivity index (χ0v) is 9.97. The largest absolute Gasteiger partial charge is 0.446 e. The van der Waals surface area contributed by atoms with Crippen LogP contribution in [0.25, 0.3) is 0 Å². The molecule has 0 saturated carbocycles. The average molecular weight is 279 g/mol. The fourth-order valence-electron chi connectivity index (χ4n) is 1.33. The van der Waals surface area contributed by atoms with Crippen molar-refractivity contribution >= 4 is 23.2 Å². The van der Waals surface area contributed by atoms with Crippen LogP contribution in [0.15, 0.2) is 23.1 Å². The molecule has 0 N–H and O–H groups in total. The van der Waals surface area contributed by atoms with Crippen LogP contribution in [0, 0.1) is 10.1 Å². The minimum atomic E-state index is -4.50. The Kier molecular flexibility index (Phi) is 4.33. The molecule has 0 aromatic heterocycles. The second kappa shape index (κ2) is 5.38. The van der Waals surface area contributed by atoms with Crippen LogP contribution >= 0.6 is 11.8 Å². The van der Waals surface area contributed by atoms with Crippen LogP contribution in [0.1, 0.15) is 12.5 Å². The van der Waals surface area contributed by atoms with Crippen molar-refractivity contribution in [3.63, 3.8) is 0 Å². The Hall–Kier alpha value is -1.57. The minimum Gasteiger partial charge on any atom is -0.300 e. The Labute approximate surface area is 104 Å². The summed E-state index contributed by atoms with van der Waals surface area (Å²) in [6.07, 6.45) is -0.173. The summed E-state index contributed by atoms with van der Waals surface area (Å²) < 4.78 is 36.4. The Balaban J connectivity index is 3.11. The third-order valence-electron chi connectivity index (χ3n) is 1.93. The predicted molar refractivity (Wildman–Crippen MR) is 59.4 cm³/mol. The summed E-state index contributed by atoms with van der Waals surface area (Å²) in [6, 6.07) is 3.12. The molecule has 0 aliphatic rings. The molecule has 0 aliphatic carbocycles. The summed E-state index contributed by atoms with van der Waals surface area (Å²) in [4.78, 5) is 20.5. The zero-order chi connectivity index (χ0) is 13.9. The number of hydrogen-bond acceptors (Lipinski definition) is 4. The van der Waals surface area contributed by atoms with Crippen molar-refractivity contribution < 1.29 is 22.9 Å². The van der Waals surface area contributed by atoms with Crippen molar-refractivity contribution in [1.29, 1.82) is 0 Å². The smallest absolute Gasteiger partial charge is 0.300 e. The zero-order valence-electron chi connectivity index (χ0n) is 9.15. The SMILES string of the molecule is CC(=O)Cc1ccc(SC(F)(F)F)cc1[N+](=O)[O-]. The Morgan fingerprint density at radius 2 is 2.06 bits per heavy atom. The Bertz CT molecular complexity index is 488. The van der Waals surface area contributed by atoms with Crippen molar-refractivity contribution in [2.75, 3.05) is 0 Å². The first kappa shape index (κ1) is 14.5. The normalized spacial score (nSPS) is 11.3. The van der Waals surface area contributed by atoms with E-state index < -0.39 is 27.9 Å². The third kappa shape index (κ3) is 4.36. The molecule has 0 fully saturated rings. The number of nitro benzene ring substituents is 1. The molecule has 1 rings (SSSR count). The molecule has 0 amide bonds. The summed E-state index contributed by atoms with van der Waals surface area (Å²) in [5.74, 6) is -0.297. The monoisotopic (exact) mass is 279 g/mol. The maximum absolute atomic E-state index is 12.1. The van der Waals surface area contributed by atoms with Gasteiger partial charge in [0.05, 0.1) is 4.92 Å². The molecule has 0 unspecified atom stereocenters. The van der Waals surface area contributed by atoms with Gasteiger partial charge in [-0.1, -0.05) is 6.07 Å². The van der Waals surface area contributed by atoms with Crippen molar-refractivity contribution in [2.45, 2.75) is 23.7 Å². The highest BCUT2D eigenvalue weighted by Gasteiger charge is 2.30. The number of nitro groups is 1. The lowest BCUT2D eigenvalue weighted by atomic mass is 10.1. The number of alkyl halides is 3. The number of carbonyl (C=O) groups is 1. The maximum atomic E-state index is 12.1. The van der Waals surface area contributed by atoms with Crippen molar-refractivity contribution in [2.24, 2.45) is 0 Å². The number of benzene rings is 1. The molecule has 8 heteroatoms. The van der Waals surface area contributed by atoms with Crippen molar-refractivity contribution in [3.05, 3.63) is 33.9 Å². The molecule has 0 spiro atoms. The molecule has 0 saturated heterocycles. The molecule has 1 aromatic rings. The van der Waals surface area contributed by atoms with Gasteiger partial charge in [-0.25, -0.2) is 0 Å². The first-order chi connectivity index (χ1) is 8.19. The van der Waals surface area contributed by atoms with E-state index in [1.54, 1.807) is 0 Å². The molecule has 0 aliphatic heterocycles. The van der Waals surface area contributed by atoms with E-state index in [9.17, 15) is 28.1 Å². The van der Waals surface area contributed by atoms with Gasteiger partial charge in [-0.2, -0.15) is 13.2 Å². The number of carbonyl (C=O) groups excluding carboxylic acids is 1. The Morgan fingerprint density at radius 1 is 1.44 bits per heavy atom. The van der Waals surface area contributed by atoms with E-state index >= 15 is 0 Å². The minimum absolute atomic E-state index is 0.110. The number of nitrogens with zero attached hydrogens (tertiary/aromatic N) is 1. The van der Waals surface area contributed by atoms with Gasteiger partial charge in [-0.3, -0.25) is 14.9 Å². The van der Waals surface area contributed by atoms with Gasteiger partial charge in [0.1, 0.15) is 5.78 Å². The summed E-state index contributed by atoms with van der Waals surface area (Å²) in [6.45, 7) is 1.25. The first-order valence-electron chi connectivity index (χ1n) is 4.71. The van der Waals surface area contributed by atoms with E-state index in [0.717, 1.165) is 12.1 Å². The van der Waals surface area contributed by atoms with Gasteiger partial charge in [0.15, 0.2) is 0 Å². The second-order valence-corrected chi connectivity index (χ2v) is 4.61. The van der Waals surface area contributed by atoms with Crippen LogP contribution in [0.4, 0.5) is 18.9 Å². The fraction of sp³-hybridized carbons (Fsp3) is 0.300. The number of ketones is 1. The summed E-state index contributed by atoms with van der Waals surface area (Å²) in [5, 5.41) is 10.7. The molecule has 98 valence electrons. The maximum Gasteiger partial charge on any atom is 0.446 e.